The van der Waals surface area contributed by atoms with Crippen LogP contribution in [0.5, 0.6) is 5.75 Å². The molecule has 0 aliphatic rings. The van der Waals surface area contributed by atoms with Crippen molar-refractivity contribution < 1.29 is 24.5 Å². The lowest BCUT2D eigenvalue weighted by Crippen LogP contribution is -2.34. The van der Waals surface area contributed by atoms with E-state index in [1.807, 2.05) is 31.2 Å². The van der Waals surface area contributed by atoms with Gasteiger partial charge in [-0.05, 0) is 49.8 Å². The van der Waals surface area contributed by atoms with Crippen LogP contribution in [-0.2, 0) is 16.0 Å². The molecule has 6 nitrogen and oxygen atoms in total. The lowest BCUT2D eigenvalue weighted by Gasteiger charge is -2.14. The van der Waals surface area contributed by atoms with Crippen LogP contribution in [0.1, 0.15) is 38.2 Å². The van der Waals surface area contributed by atoms with Crippen molar-refractivity contribution in [2.75, 3.05) is 6.61 Å². The molecule has 0 saturated heterocycles. The van der Waals surface area contributed by atoms with Crippen molar-refractivity contribution in [2.45, 2.75) is 45.1 Å². The molecule has 2 unspecified atom stereocenters. The minimum Gasteiger partial charge on any atom is -0.494 e. The van der Waals surface area contributed by atoms with Gasteiger partial charge in [0, 0.05) is 0 Å². The van der Waals surface area contributed by atoms with Crippen LogP contribution in [0.3, 0.4) is 0 Å². The number of hydrogen-bond acceptors (Lipinski definition) is 4. The highest BCUT2D eigenvalue weighted by Crippen LogP contribution is 2.18. The van der Waals surface area contributed by atoms with E-state index in [2.05, 4.69) is 0 Å². The van der Waals surface area contributed by atoms with Gasteiger partial charge in [-0.15, -0.1) is 0 Å². The largest absolute Gasteiger partial charge is 0.494 e. The summed E-state index contributed by atoms with van der Waals surface area (Å²) in [5.74, 6) is -2.07. The van der Waals surface area contributed by atoms with Crippen molar-refractivity contribution in [3.8, 4) is 5.75 Å². The zero-order valence-corrected chi connectivity index (χ0v) is 13.4. The smallest absolute Gasteiger partial charge is 0.320 e. The van der Waals surface area contributed by atoms with Crippen LogP contribution in [0, 0.1) is 5.92 Å². The monoisotopic (exact) mass is 323 g/mol. The molecular weight excluding hydrogens is 298 g/mol. The molecule has 2 atom stereocenters. The summed E-state index contributed by atoms with van der Waals surface area (Å²) in [5.41, 5.74) is 6.52. The Morgan fingerprint density at radius 1 is 1.17 bits per heavy atom. The SMILES string of the molecule is CCCOc1ccc(CCCC(CC(N)C(=O)O)C(=O)O)cc1. The molecule has 1 aromatic rings. The molecule has 0 bridgehead atoms. The second-order valence-corrected chi connectivity index (χ2v) is 5.60. The summed E-state index contributed by atoms with van der Waals surface area (Å²) < 4.78 is 5.50. The Bertz CT molecular complexity index is 500. The molecule has 0 fully saturated rings. The first-order chi connectivity index (χ1) is 10.9. The predicted octanol–water partition coefficient (Wildman–Crippen LogP) is 2.30. The van der Waals surface area contributed by atoms with Gasteiger partial charge in [0.25, 0.3) is 0 Å². The zero-order valence-electron chi connectivity index (χ0n) is 13.4. The number of rotatable bonds is 11. The maximum atomic E-state index is 11.2. The van der Waals surface area contributed by atoms with E-state index in [9.17, 15) is 9.59 Å². The molecular formula is C17H25NO5. The Kier molecular flexibility index (Phi) is 8.11. The van der Waals surface area contributed by atoms with E-state index < -0.39 is 23.9 Å². The Balaban J connectivity index is 2.43. The van der Waals surface area contributed by atoms with Gasteiger partial charge < -0.3 is 20.7 Å². The number of carbonyl (C=O) groups is 2. The maximum Gasteiger partial charge on any atom is 0.320 e. The Labute approximate surface area is 136 Å². The average molecular weight is 323 g/mol. The van der Waals surface area contributed by atoms with Gasteiger partial charge in [-0.3, -0.25) is 9.59 Å². The molecule has 0 spiro atoms. The minimum absolute atomic E-state index is 0.0472. The van der Waals surface area contributed by atoms with Crippen LogP contribution in [0.25, 0.3) is 0 Å². The fourth-order valence-electron chi connectivity index (χ4n) is 2.27. The molecule has 0 saturated carbocycles. The first kappa shape index (κ1) is 19.0. The first-order valence-corrected chi connectivity index (χ1v) is 7.87. The van der Waals surface area contributed by atoms with Crippen LogP contribution < -0.4 is 10.5 Å². The van der Waals surface area contributed by atoms with Gasteiger partial charge in [0.15, 0.2) is 0 Å². The van der Waals surface area contributed by atoms with Crippen LogP contribution >= 0.6 is 0 Å². The molecule has 1 rings (SSSR count). The molecule has 0 radical (unpaired) electrons. The topological polar surface area (TPSA) is 110 Å². The molecule has 0 aliphatic heterocycles. The molecule has 1 aromatic carbocycles. The fraction of sp³-hybridized carbons (Fsp3) is 0.529. The van der Waals surface area contributed by atoms with E-state index in [1.54, 1.807) is 0 Å². The average Bonchev–Trinajstić information content (AvgIpc) is 2.52. The molecule has 128 valence electrons. The highest BCUT2D eigenvalue weighted by Gasteiger charge is 2.23. The quantitative estimate of drug-likeness (QED) is 0.576. The molecule has 0 aromatic heterocycles. The second kappa shape index (κ2) is 9.84. The lowest BCUT2D eigenvalue weighted by molar-refractivity contribution is -0.143. The lowest BCUT2D eigenvalue weighted by atomic mass is 9.93. The number of ether oxygens (including phenoxy) is 1. The molecule has 23 heavy (non-hydrogen) atoms. The van der Waals surface area contributed by atoms with Crippen molar-refractivity contribution >= 4 is 11.9 Å². The van der Waals surface area contributed by atoms with Gasteiger partial charge in [-0.1, -0.05) is 19.1 Å². The van der Waals surface area contributed by atoms with Crippen LogP contribution in [0.4, 0.5) is 0 Å². The van der Waals surface area contributed by atoms with Gasteiger partial charge in [0.05, 0.1) is 12.5 Å². The first-order valence-electron chi connectivity index (χ1n) is 7.87. The normalized spacial score (nSPS) is 13.3. The van der Waals surface area contributed by atoms with Crippen molar-refractivity contribution in [2.24, 2.45) is 11.7 Å². The van der Waals surface area contributed by atoms with E-state index in [4.69, 9.17) is 20.7 Å². The minimum atomic E-state index is -1.17. The summed E-state index contributed by atoms with van der Waals surface area (Å²) in [6, 6.07) is 6.60. The van der Waals surface area contributed by atoms with E-state index in [-0.39, 0.29) is 6.42 Å². The van der Waals surface area contributed by atoms with Gasteiger partial charge >= 0.3 is 11.9 Å². The third-order valence-electron chi connectivity index (χ3n) is 3.62. The summed E-state index contributed by atoms with van der Waals surface area (Å²) in [7, 11) is 0. The molecule has 0 amide bonds. The third-order valence-corrected chi connectivity index (χ3v) is 3.62. The number of aryl methyl sites for hydroxylation is 1. The van der Waals surface area contributed by atoms with Crippen molar-refractivity contribution in [3.05, 3.63) is 29.8 Å². The van der Waals surface area contributed by atoms with E-state index in [0.717, 1.165) is 24.2 Å². The molecule has 4 N–H and O–H groups in total. The van der Waals surface area contributed by atoms with Gasteiger partial charge in [0.2, 0.25) is 0 Å². The summed E-state index contributed by atoms with van der Waals surface area (Å²) >= 11 is 0. The van der Waals surface area contributed by atoms with Crippen molar-refractivity contribution in [1.29, 1.82) is 0 Å². The number of carboxylic acid groups (broad SMARTS) is 2. The third kappa shape index (κ3) is 7.15. The van der Waals surface area contributed by atoms with Crippen molar-refractivity contribution in [1.82, 2.24) is 0 Å². The summed E-state index contributed by atoms with van der Waals surface area (Å²) in [6.45, 7) is 2.73. The summed E-state index contributed by atoms with van der Waals surface area (Å²) in [5, 5.41) is 17.9. The molecule has 6 heteroatoms. The Morgan fingerprint density at radius 2 is 1.83 bits per heavy atom. The second-order valence-electron chi connectivity index (χ2n) is 5.60. The standard InChI is InChI=1S/C17H25NO5/c1-2-10-23-14-8-6-12(7-9-14)4-3-5-13(16(19)20)11-15(18)17(21)22/h6-9,13,15H,2-5,10-11,18H2,1H3,(H,19,20)(H,21,22). The number of aliphatic carboxylic acids is 2. The molecule has 0 heterocycles. The van der Waals surface area contributed by atoms with E-state index in [1.165, 1.54) is 0 Å². The highest BCUT2D eigenvalue weighted by molar-refractivity contribution is 5.75. The fourth-order valence-corrected chi connectivity index (χ4v) is 2.27. The molecule has 0 aliphatic carbocycles. The van der Waals surface area contributed by atoms with Crippen LogP contribution in [0.2, 0.25) is 0 Å². The maximum absolute atomic E-state index is 11.2. The van der Waals surface area contributed by atoms with E-state index >= 15 is 0 Å². The van der Waals surface area contributed by atoms with Crippen LogP contribution in [0.15, 0.2) is 24.3 Å². The van der Waals surface area contributed by atoms with Crippen molar-refractivity contribution in [3.63, 3.8) is 0 Å². The Hall–Kier alpha value is -2.08. The van der Waals surface area contributed by atoms with Gasteiger partial charge in [0.1, 0.15) is 11.8 Å². The number of carboxylic acids is 2. The number of benzene rings is 1. The Morgan fingerprint density at radius 3 is 2.35 bits per heavy atom. The van der Waals surface area contributed by atoms with Gasteiger partial charge in [-0.2, -0.15) is 0 Å². The predicted molar refractivity (Wildman–Crippen MR) is 86.5 cm³/mol. The van der Waals surface area contributed by atoms with E-state index in [0.29, 0.717) is 19.4 Å². The summed E-state index contributed by atoms with van der Waals surface area (Å²) in [6.07, 6.45) is 2.72. The number of nitrogens with two attached hydrogens (primary N) is 1. The highest BCUT2D eigenvalue weighted by atomic mass is 16.5. The number of hydrogen-bond donors (Lipinski definition) is 3. The zero-order chi connectivity index (χ0) is 17.2. The summed E-state index contributed by atoms with van der Waals surface area (Å²) in [4.78, 5) is 21.9. The van der Waals surface area contributed by atoms with Gasteiger partial charge in [-0.25, -0.2) is 0 Å². The van der Waals surface area contributed by atoms with Crippen LogP contribution in [-0.4, -0.2) is 34.8 Å².